The van der Waals surface area contributed by atoms with Crippen LogP contribution in [-0.2, 0) is 0 Å². The van der Waals surface area contributed by atoms with Crippen LogP contribution in [0.4, 0.5) is 35.1 Å². The van der Waals surface area contributed by atoms with E-state index >= 15 is 0 Å². The molecular formula is C9H2F8O. The van der Waals surface area contributed by atoms with E-state index in [2.05, 4.69) is 0 Å². The minimum atomic E-state index is -6.26. The molecule has 9 heteroatoms. The van der Waals surface area contributed by atoms with Crippen molar-refractivity contribution in [2.24, 2.45) is 0 Å². The summed E-state index contributed by atoms with van der Waals surface area (Å²) in [5, 5.41) is 0. The zero-order chi connectivity index (χ0) is 14.3. The lowest BCUT2D eigenvalue weighted by molar-refractivity contribution is -0.255. The number of carbonyl (C=O) groups is 1. The van der Waals surface area contributed by atoms with Gasteiger partial charge < -0.3 is 0 Å². The van der Waals surface area contributed by atoms with E-state index in [4.69, 9.17) is 0 Å². The van der Waals surface area contributed by atoms with Crippen molar-refractivity contribution < 1.29 is 39.9 Å². The van der Waals surface area contributed by atoms with Crippen LogP contribution < -0.4 is 0 Å². The van der Waals surface area contributed by atoms with E-state index in [-0.39, 0.29) is 12.1 Å². The summed E-state index contributed by atoms with van der Waals surface area (Å²) in [7, 11) is 0. The van der Waals surface area contributed by atoms with Crippen LogP contribution in [0.15, 0.2) is 12.1 Å². The third-order valence-electron chi connectivity index (χ3n) is 1.92. The van der Waals surface area contributed by atoms with E-state index in [1.807, 2.05) is 0 Å². The normalized spacial score (nSPS) is 12.7. The van der Waals surface area contributed by atoms with Gasteiger partial charge in [0.05, 0.1) is 5.56 Å². The average molecular weight is 278 g/mol. The highest BCUT2D eigenvalue weighted by Crippen LogP contribution is 2.38. The van der Waals surface area contributed by atoms with Crippen molar-refractivity contribution in [2.45, 2.75) is 12.1 Å². The van der Waals surface area contributed by atoms with Gasteiger partial charge in [0.25, 0.3) is 0 Å². The number of Topliss-reactive ketones (excluding diaryl/α,β-unsaturated/α-hetero) is 1. The Bertz CT molecular complexity index is 490. The van der Waals surface area contributed by atoms with Gasteiger partial charge in [0.15, 0.2) is 17.5 Å². The Morgan fingerprint density at radius 1 is 0.889 bits per heavy atom. The van der Waals surface area contributed by atoms with Crippen molar-refractivity contribution in [3.8, 4) is 0 Å². The van der Waals surface area contributed by atoms with Gasteiger partial charge in [0.1, 0.15) is 0 Å². The summed E-state index contributed by atoms with van der Waals surface area (Å²) >= 11 is 0. The average Bonchev–Trinajstić information content (AvgIpc) is 2.24. The second-order valence-corrected chi connectivity index (χ2v) is 3.12. The number of ketones is 1. The summed E-state index contributed by atoms with van der Waals surface area (Å²) in [6.45, 7) is 0. The molecule has 1 rings (SSSR count). The number of halogens is 8. The predicted octanol–water partition coefficient (Wildman–Crippen LogP) is 3.48. The van der Waals surface area contributed by atoms with Gasteiger partial charge in [-0.05, 0) is 12.1 Å². The van der Waals surface area contributed by atoms with Crippen LogP contribution >= 0.6 is 0 Å². The summed E-state index contributed by atoms with van der Waals surface area (Å²) < 4.78 is 98.5. The van der Waals surface area contributed by atoms with Crippen LogP contribution in [0.2, 0.25) is 0 Å². The second kappa shape index (κ2) is 4.21. The molecule has 1 nitrogen and oxygen atoms in total. The predicted molar refractivity (Wildman–Crippen MR) is 41.6 cm³/mol. The van der Waals surface area contributed by atoms with Gasteiger partial charge in [-0.3, -0.25) is 4.79 Å². The fraction of sp³-hybridized carbons (Fsp3) is 0.222. The highest BCUT2D eigenvalue weighted by atomic mass is 19.4. The third-order valence-corrected chi connectivity index (χ3v) is 1.92. The topological polar surface area (TPSA) is 17.1 Å². The van der Waals surface area contributed by atoms with Crippen LogP contribution in [0.1, 0.15) is 10.4 Å². The first-order chi connectivity index (χ1) is 8.00. The Morgan fingerprint density at radius 3 is 1.83 bits per heavy atom. The first kappa shape index (κ1) is 14.4. The number of rotatable bonds is 2. The molecule has 0 bridgehead atoms. The largest absolute Gasteiger partial charge is 0.461 e. The molecule has 0 fully saturated rings. The minimum absolute atomic E-state index is 0.00965. The van der Waals surface area contributed by atoms with Crippen molar-refractivity contribution in [2.75, 3.05) is 0 Å². The van der Waals surface area contributed by atoms with Crippen molar-refractivity contribution >= 4 is 5.78 Å². The van der Waals surface area contributed by atoms with Gasteiger partial charge in [0, 0.05) is 0 Å². The van der Waals surface area contributed by atoms with Crippen LogP contribution in [0.3, 0.4) is 0 Å². The lowest BCUT2D eigenvalue weighted by Crippen LogP contribution is -2.44. The molecule has 18 heavy (non-hydrogen) atoms. The maximum Gasteiger partial charge on any atom is 0.461 e. The summed E-state index contributed by atoms with van der Waals surface area (Å²) in [5.41, 5.74) is -1.88. The monoisotopic (exact) mass is 278 g/mol. The zero-order valence-corrected chi connectivity index (χ0v) is 8.09. The van der Waals surface area contributed by atoms with E-state index in [1.54, 1.807) is 0 Å². The Kier molecular flexibility index (Phi) is 3.37. The molecule has 0 aliphatic rings. The highest BCUT2D eigenvalue weighted by molar-refractivity contribution is 6.02. The summed E-state index contributed by atoms with van der Waals surface area (Å²) in [6, 6.07) is 0.0772. The molecule has 0 aliphatic heterocycles. The molecular weight excluding hydrogens is 276 g/mol. The molecule has 0 spiro atoms. The Balaban J connectivity index is 3.33. The number of alkyl halides is 5. The number of hydrogen-bond acceptors (Lipinski definition) is 1. The lowest BCUT2D eigenvalue weighted by Gasteiger charge is -2.18. The van der Waals surface area contributed by atoms with E-state index in [1.165, 1.54) is 0 Å². The van der Waals surface area contributed by atoms with Crippen molar-refractivity contribution in [1.82, 2.24) is 0 Å². The molecule has 0 unspecified atom stereocenters. The molecule has 0 amide bonds. The molecule has 0 aliphatic carbocycles. The number of carbonyl (C=O) groups excluding carboxylic acids is 1. The molecule has 1 aromatic carbocycles. The highest BCUT2D eigenvalue weighted by Gasteiger charge is 2.63. The van der Waals surface area contributed by atoms with Gasteiger partial charge in [0.2, 0.25) is 5.78 Å². The van der Waals surface area contributed by atoms with E-state index in [9.17, 15) is 39.9 Å². The van der Waals surface area contributed by atoms with Crippen molar-refractivity contribution in [3.05, 3.63) is 35.1 Å². The maximum atomic E-state index is 12.9. The molecule has 0 atom stereocenters. The Labute approximate surface area is 94.0 Å². The van der Waals surface area contributed by atoms with E-state index in [0.29, 0.717) is 0 Å². The SMILES string of the molecule is O=C(c1ccc(F)c(F)c1F)C(F)(F)C(F)(F)F. The van der Waals surface area contributed by atoms with Gasteiger partial charge in [-0.25, -0.2) is 13.2 Å². The Hall–Kier alpha value is -1.67. The molecule has 0 radical (unpaired) electrons. The van der Waals surface area contributed by atoms with E-state index in [0.717, 1.165) is 0 Å². The van der Waals surface area contributed by atoms with Crippen molar-refractivity contribution in [3.63, 3.8) is 0 Å². The first-order valence-corrected chi connectivity index (χ1v) is 4.13. The van der Waals surface area contributed by atoms with Crippen LogP contribution in [0.25, 0.3) is 0 Å². The van der Waals surface area contributed by atoms with E-state index < -0.39 is 40.9 Å². The smallest absolute Gasteiger partial charge is 0.287 e. The summed E-state index contributed by atoms with van der Waals surface area (Å²) in [4.78, 5) is 10.8. The maximum absolute atomic E-state index is 12.9. The van der Waals surface area contributed by atoms with Gasteiger partial charge in [-0.15, -0.1) is 0 Å². The lowest BCUT2D eigenvalue weighted by atomic mass is 10.0. The fourth-order valence-electron chi connectivity index (χ4n) is 0.999. The quantitative estimate of drug-likeness (QED) is 0.460. The van der Waals surface area contributed by atoms with Gasteiger partial charge in [-0.1, -0.05) is 0 Å². The van der Waals surface area contributed by atoms with Crippen LogP contribution in [0.5, 0.6) is 0 Å². The second-order valence-electron chi connectivity index (χ2n) is 3.12. The number of hydrogen-bond donors (Lipinski definition) is 0. The summed E-state index contributed by atoms with van der Waals surface area (Å²) in [6.07, 6.45) is -6.26. The number of benzene rings is 1. The molecule has 0 heterocycles. The standard InChI is InChI=1S/C9H2F8O/c10-4-2-1-3(5(11)6(4)12)7(18)8(13,14)9(15,16)17/h1-2H. The molecule has 1 aromatic rings. The molecule has 0 aromatic heterocycles. The third kappa shape index (κ3) is 2.16. The molecule has 0 N–H and O–H groups in total. The van der Waals surface area contributed by atoms with Crippen LogP contribution in [-0.4, -0.2) is 17.9 Å². The zero-order valence-electron chi connectivity index (χ0n) is 8.09. The fourth-order valence-corrected chi connectivity index (χ4v) is 0.999. The molecule has 0 saturated carbocycles. The van der Waals surface area contributed by atoms with Gasteiger partial charge in [-0.2, -0.15) is 22.0 Å². The molecule has 0 saturated heterocycles. The molecule has 100 valence electrons. The summed E-state index contributed by atoms with van der Waals surface area (Å²) in [5.74, 6) is -15.4. The first-order valence-electron chi connectivity index (χ1n) is 4.13. The van der Waals surface area contributed by atoms with Crippen LogP contribution in [0, 0.1) is 17.5 Å². The van der Waals surface area contributed by atoms with Crippen molar-refractivity contribution in [1.29, 1.82) is 0 Å². The Morgan fingerprint density at radius 2 is 1.39 bits per heavy atom. The minimum Gasteiger partial charge on any atom is -0.287 e. The van der Waals surface area contributed by atoms with Gasteiger partial charge >= 0.3 is 12.1 Å².